The summed E-state index contributed by atoms with van der Waals surface area (Å²) in [6.45, 7) is 1.39. The van der Waals surface area contributed by atoms with Gasteiger partial charge in [-0.2, -0.15) is 5.01 Å². The van der Waals surface area contributed by atoms with Crippen molar-refractivity contribution in [3.05, 3.63) is 74.0 Å². The largest absolute Gasteiger partial charge is 0.291 e. The number of imide groups is 1. The first-order valence-corrected chi connectivity index (χ1v) is 10.8. The summed E-state index contributed by atoms with van der Waals surface area (Å²) in [6.07, 6.45) is 2.73. The lowest BCUT2D eigenvalue weighted by Gasteiger charge is -2.29. The maximum atomic E-state index is 13.3. The third-order valence-corrected chi connectivity index (χ3v) is 6.60. The van der Waals surface area contributed by atoms with E-state index in [2.05, 4.69) is 0 Å². The Balaban J connectivity index is 1.68. The summed E-state index contributed by atoms with van der Waals surface area (Å²) in [6, 6.07) is 8.10. The number of nitro groups is 1. The molecule has 1 aliphatic heterocycles. The number of non-ortho nitro benzene ring substituents is 1. The number of allylic oxidation sites excluding steroid dienone is 2. The van der Waals surface area contributed by atoms with E-state index < -0.39 is 46.8 Å². The number of nitro benzene ring substituents is 1. The van der Waals surface area contributed by atoms with E-state index in [0.29, 0.717) is 17.7 Å². The van der Waals surface area contributed by atoms with Crippen LogP contribution in [0.2, 0.25) is 0 Å². The van der Waals surface area contributed by atoms with Crippen molar-refractivity contribution in [2.45, 2.75) is 19.8 Å². The fraction of sp³-hybridized carbons (Fsp3) is 0.273. The summed E-state index contributed by atoms with van der Waals surface area (Å²) < 4.78 is 0. The van der Waals surface area contributed by atoms with Crippen LogP contribution in [0.1, 0.15) is 39.8 Å². The molecular formula is C22H19N3O6S. The topological polar surface area (TPSA) is 118 Å². The number of carbonyl (C=O) groups excluding carboxylic acids is 4. The van der Waals surface area contributed by atoms with Crippen molar-refractivity contribution in [1.29, 1.82) is 0 Å². The average molecular weight is 453 g/mol. The van der Waals surface area contributed by atoms with Crippen molar-refractivity contribution < 1.29 is 24.1 Å². The molecule has 1 aromatic carbocycles. The van der Waals surface area contributed by atoms with Gasteiger partial charge in [-0.05, 0) is 43.3 Å². The monoisotopic (exact) mass is 453 g/mol. The van der Waals surface area contributed by atoms with Crippen LogP contribution in [0.4, 0.5) is 5.69 Å². The van der Waals surface area contributed by atoms with Gasteiger partial charge in [0.1, 0.15) is 6.54 Å². The lowest BCUT2D eigenvalue weighted by atomic mass is 9.82. The second-order valence-corrected chi connectivity index (χ2v) is 8.71. The second kappa shape index (κ2) is 8.46. The Kier molecular flexibility index (Phi) is 5.70. The molecule has 0 spiro atoms. The molecule has 0 N–H and O–H groups in total. The van der Waals surface area contributed by atoms with Gasteiger partial charge >= 0.3 is 0 Å². The van der Waals surface area contributed by atoms with E-state index in [1.807, 2.05) is 13.0 Å². The van der Waals surface area contributed by atoms with Crippen molar-refractivity contribution in [1.82, 2.24) is 10.0 Å². The van der Waals surface area contributed by atoms with Crippen molar-refractivity contribution in [2.75, 3.05) is 6.54 Å². The molecule has 1 aliphatic carbocycles. The zero-order chi connectivity index (χ0) is 23.0. The van der Waals surface area contributed by atoms with Gasteiger partial charge in [-0.3, -0.25) is 29.3 Å². The highest BCUT2D eigenvalue weighted by molar-refractivity contribution is 7.12. The Labute approximate surface area is 187 Å². The normalized spacial score (nSPS) is 20.0. The number of ketones is 1. The zero-order valence-corrected chi connectivity index (χ0v) is 17.9. The molecule has 2 heterocycles. The molecule has 32 heavy (non-hydrogen) atoms. The van der Waals surface area contributed by atoms with E-state index in [0.717, 1.165) is 27.7 Å². The number of carbonyl (C=O) groups is 4. The third kappa shape index (κ3) is 3.84. The fourth-order valence-electron chi connectivity index (χ4n) is 4.02. The number of hydrazine groups is 1. The van der Waals surface area contributed by atoms with Gasteiger partial charge in [0, 0.05) is 17.7 Å². The van der Waals surface area contributed by atoms with Gasteiger partial charge in [0.15, 0.2) is 5.78 Å². The summed E-state index contributed by atoms with van der Waals surface area (Å²) in [7, 11) is 0. The van der Waals surface area contributed by atoms with Crippen molar-refractivity contribution >= 4 is 40.5 Å². The molecule has 4 rings (SSSR count). The molecule has 9 nitrogen and oxygen atoms in total. The predicted molar refractivity (Wildman–Crippen MR) is 115 cm³/mol. The number of hydrogen-bond donors (Lipinski definition) is 0. The van der Waals surface area contributed by atoms with Crippen LogP contribution in [0.15, 0.2) is 53.4 Å². The minimum atomic E-state index is -0.755. The minimum absolute atomic E-state index is 0.0272. The molecule has 10 heteroatoms. The summed E-state index contributed by atoms with van der Waals surface area (Å²) in [5, 5.41) is 14.3. The first-order chi connectivity index (χ1) is 15.3. The standard InChI is InChI=1S/C22H19N3O6S/c1-13-4-9-16-17(11-13)22(29)24(21(16)28)23(12-18(26)19-3-2-10-32-19)20(27)14-5-7-15(8-6-14)25(30)31/h2-8,10,16-17H,9,11-12H2,1H3/t16-,17-/m0/s1. The van der Waals surface area contributed by atoms with E-state index in [4.69, 9.17) is 0 Å². The first-order valence-electron chi connectivity index (χ1n) is 9.94. The molecule has 0 bridgehead atoms. The van der Waals surface area contributed by atoms with E-state index in [9.17, 15) is 29.3 Å². The second-order valence-electron chi connectivity index (χ2n) is 7.76. The Morgan fingerprint density at radius 1 is 1.16 bits per heavy atom. The van der Waals surface area contributed by atoms with Gasteiger partial charge < -0.3 is 0 Å². The van der Waals surface area contributed by atoms with Gasteiger partial charge in [0.25, 0.3) is 23.4 Å². The maximum Gasteiger partial charge on any atom is 0.273 e. The van der Waals surface area contributed by atoms with Crippen LogP contribution >= 0.6 is 11.3 Å². The van der Waals surface area contributed by atoms with E-state index in [1.54, 1.807) is 17.5 Å². The summed E-state index contributed by atoms with van der Waals surface area (Å²) in [5.74, 6) is -3.35. The molecule has 1 aromatic heterocycles. The van der Waals surface area contributed by atoms with Crippen LogP contribution in [-0.4, -0.2) is 45.0 Å². The van der Waals surface area contributed by atoms with Gasteiger partial charge in [-0.15, -0.1) is 11.3 Å². The minimum Gasteiger partial charge on any atom is -0.291 e. The Morgan fingerprint density at radius 3 is 2.47 bits per heavy atom. The highest BCUT2D eigenvalue weighted by atomic mass is 32.1. The molecule has 0 radical (unpaired) electrons. The van der Waals surface area contributed by atoms with Crippen LogP contribution in [0.3, 0.4) is 0 Å². The molecule has 3 amide bonds. The van der Waals surface area contributed by atoms with Gasteiger partial charge in [-0.25, -0.2) is 5.01 Å². The Bertz CT molecular complexity index is 1140. The van der Waals surface area contributed by atoms with E-state index in [-0.39, 0.29) is 11.3 Å². The highest BCUT2D eigenvalue weighted by Gasteiger charge is 2.51. The van der Waals surface area contributed by atoms with E-state index in [1.165, 1.54) is 23.5 Å². The lowest BCUT2D eigenvalue weighted by Crippen LogP contribution is -2.52. The van der Waals surface area contributed by atoms with Crippen LogP contribution in [0, 0.1) is 22.0 Å². The van der Waals surface area contributed by atoms with Crippen molar-refractivity contribution in [2.24, 2.45) is 11.8 Å². The SMILES string of the molecule is CC1=CC[C@@H]2C(=O)N(N(CC(=O)c3cccs3)C(=O)c3ccc([N+](=O)[O-])cc3)C(=O)[C@H]2C1. The number of Topliss-reactive ketones (excluding diaryl/α,β-unsaturated/α-hetero) is 1. The zero-order valence-electron chi connectivity index (χ0n) is 17.1. The Hall–Kier alpha value is -3.66. The molecule has 0 saturated carbocycles. The third-order valence-electron chi connectivity index (χ3n) is 5.69. The van der Waals surface area contributed by atoms with Crippen LogP contribution in [0.25, 0.3) is 0 Å². The van der Waals surface area contributed by atoms with Crippen LogP contribution < -0.4 is 0 Å². The molecule has 1 fully saturated rings. The molecule has 2 aromatic rings. The summed E-state index contributed by atoms with van der Waals surface area (Å²) in [5.41, 5.74) is 0.820. The average Bonchev–Trinajstić information content (AvgIpc) is 3.40. The van der Waals surface area contributed by atoms with Crippen LogP contribution in [-0.2, 0) is 9.59 Å². The smallest absolute Gasteiger partial charge is 0.273 e. The van der Waals surface area contributed by atoms with E-state index >= 15 is 0 Å². The fourth-order valence-corrected chi connectivity index (χ4v) is 4.67. The maximum absolute atomic E-state index is 13.3. The Morgan fingerprint density at radius 2 is 1.84 bits per heavy atom. The quantitative estimate of drug-likeness (QED) is 0.218. The molecule has 0 unspecified atom stereocenters. The predicted octanol–water partition coefficient (Wildman–Crippen LogP) is 3.24. The van der Waals surface area contributed by atoms with Crippen molar-refractivity contribution in [3.63, 3.8) is 0 Å². The number of amides is 3. The number of fused-ring (bicyclic) bond motifs is 1. The van der Waals surface area contributed by atoms with Gasteiger partial charge in [-0.1, -0.05) is 17.7 Å². The molecule has 2 atom stereocenters. The molecule has 2 aliphatic rings. The summed E-state index contributed by atoms with van der Waals surface area (Å²) in [4.78, 5) is 63.1. The van der Waals surface area contributed by atoms with Crippen LogP contribution in [0.5, 0.6) is 0 Å². The number of benzene rings is 1. The molecular weight excluding hydrogens is 434 g/mol. The highest BCUT2D eigenvalue weighted by Crippen LogP contribution is 2.38. The first kappa shape index (κ1) is 21.6. The van der Waals surface area contributed by atoms with Gasteiger partial charge in [0.2, 0.25) is 0 Å². The molecule has 164 valence electrons. The summed E-state index contributed by atoms with van der Waals surface area (Å²) >= 11 is 1.19. The number of nitrogens with zero attached hydrogens (tertiary/aromatic N) is 3. The number of rotatable bonds is 6. The van der Waals surface area contributed by atoms with Crippen molar-refractivity contribution in [3.8, 4) is 0 Å². The van der Waals surface area contributed by atoms with Gasteiger partial charge in [0.05, 0.1) is 21.6 Å². The number of hydrogen-bond acceptors (Lipinski definition) is 7. The lowest BCUT2D eigenvalue weighted by molar-refractivity contribution is -0.384. The molecule has 1 saturated heterocycles. The number of thiophene rings is 1.